The second-order valence-corrected chi connectivity index (χ2v) is 6.19. The number of carbonyl (C=O) groups is 1. The van der Waals surface area contributed by atoms with Crippen molar-refractivity contribution in [2.45, 2.75) is 25.7 Å². The van der Waals surface area contributed by atoms with E-state index in [0.29, 0.717) is 16.9 Å². The lowest BCUT2D eigenvalue weighted by molar-refractivity contribution is -0.141. The molecule has 0 radical (unpaired) electrons. The number of hydrogen-bond donors (Lipinski definition) is 1. The molecule has 154 valence electrons. The number of nitrogens with zero attached hydrogens (tertiary/aromatic N) is 4. The number of carbonyl (C=O) groups excluding carboxylic acids is 1. The topological polar surface area (TPSA) is 91.2 Å². The lowest BCUT2D eigenvalue weighted by atomic mass is 10.2. The molecule has 1 aromatic carbocycles. The standard InChI is InChI=1S/C18H18F3N5O3/c1-11(9-29-14-6-4-3-5-13(14)18(19,20)21)25-16-12-7-24-26(8-15(27)28-2)17(12)23-10-22-16/h3-7,10-11H,8-9H2,1-2H3,(H,22,23,25). The first-order valence-corrected chi connectivity index (χ1v) is 8.58. The summed E-state index contributed by atoms with van der Waals surface area (Å²) in [6, 6.07) is 4.65. The fraction of sp³-hybridized carbons (Fsp3) is 0.333. The average Bonchev–Trinajstić information content (AvgIpc) is 3.09. The Hall–Kier alpha value is -3.37. The summed E-state index contributed by atoms with van der Waals surface area (Å²) in [7, 11) is 1.27. The summed E-state index contributed by atoms with van der Waals surface area (Å²) in [5, 5.41) is 7.72. The molecule has 3 rings (SSSR count). The Balaban J connectivity index is 1.71. The van der Waals surface area contributed by atoms with E-state index >= 15 is 0 Å². The van der Waals surface area contributed by atoms with Crippen LogP contribution in [0.15, 0.2) is 36.8 Å². The lowest BCUT2D eigenvalue weighted by Gasteiger charge is -2.18. The van der Waals surface area contributed by atoms with E-state index < -0.39 is 17.7 Å². The predicted molar refractivity (Wildman–Crippen MR) is 97.4 cm³/mol. The predicted octanol–water partition coefficient (Wildman–Crippen LogP) is 2.90. The van der Waals surface area contributed by atoms with Crippen molar-refractivity contribution in [2.24, 2.45) is 0 Å². The van der Waals surface area contributed by atoms with E-state index in [1.54, 1.807) is 6.92 Å². The van der Waals surface area contributed by atoms with Crippen LogP contribution in [-0.2, 0) is 22.3 Å². The molecule has 0 aliphatic heterocycles. The zero-order chi connectivity index (χ0) is 21.0. The van der Waals surface area contributed by atoms with Crippen LogP contribution in [0.2, 0.25) is 0 Å². The van der Waals surface area contributed by atoms with Gasteiger partial charge in [-0.05, 0) is 19.1 Å². The molecule has 0 saturated heterocycles. The molecule has 11 heteroatoms. The number of halogens is 3. The van der Waals surface area contributed by atoms with Gasteiger partial charge in [-0.15, -0.1) is 0 Å². The molecule has 29 heavy (non-hydrogen) atoms. The van der Waals surface area contributed by atoms with E-state index in [1.165, 1.54) is 42.5 Å². The van der Waals surface area contributed by atoms with Crippen LogP contribution in [0.25, 0.3) is 11.0 Å². The highest BCUT2D eigenvalue weighted by atomic mass is 19.4. The molecule has 8 nitrogen and oxygen atoms in total. The fourth-order valence-electron chi connectivity index (χ4n) is 2.63. The van der Waals surface area contributed by atoms with Crippen molar-refractivity contribution in [1.82, 2.24) is 19.7 Å². The molecule has 0 amide bonds. The number of nitrogens with one attached hydrogen (secondary N) is 1. The maximum atomic E-state index is 13.1. The Morgan fingerprint density at radius 3 is 2.76 bits per heavy atom. The Labute approximate surface area is 163 Å². The van der Waals surface area contributed by atoms with Crippen molar-refractivity contribution >= 4 is 22.8 Å². The third-order valence-electron chi connectivity index (χ3n) is 4.00. The number of rotatable bonds is 7. The quantitative estimate of drug-likeness (QED) is 0.600. The van der Waals surface area contributed by atoms with Gasteiger partial charge in [0.1, 0.15) is 31.0 Å². The second kappa shape index (κ2) is 8.33. The highest BCUT2D eigenvalue weighted by Gasteiger charge is 2.34. The van der Waals surface area contributed by atoms with Gasteiger partial charge in [-0.3, -0.25) is 4.79 Å². The Bertz CT molecular complexity index is 1010. The normalized spacial score (nSPS) is 12.6. The number of esters is 1. The first-order chi connectivity index (χ1) is 13.8. The molecule has 0 aliphatic carbocycles. The van der Waals surface area contributed by atoms with Crippen molar-refractivity contribution in [2.75, 3.05) is 19.0 Å². The van der Waals surface area contributed by atoms with Gasteiger partial charge in [0.15, 0.2) is 5.65 Å². The molecule has 1 unspecified atom stereocenters. The summed E-state index contributed by atoms with van der Waals surface area (Å²) in [5.74, 6) is -0.299. The molecule has 0 bridgehead atoms. The monoisotopic (exact) mass is 409 g/mol. The highest BCUT2D eigenvalue weighted by molar-refractivity contribution is 5.87. The highest BCUT2D eigenvalue weighted by Crippen LogP contribution is 2.35. The van der Waals surface area contributed by atoms with Crippen molar-refractivity contribution in [3.05, 3.63) is 42.4 Å². The maximum absolute atomic E-state index is 13.1. The number of methoxy groups -OCH3 is 1. The Morgan fingerprint density at radius 2 is 2.03 bits per heavy atom. The average molecular weight is 409 g/mol. The van der Waals surface area contributed by atoms with Crippen molar-refractivity contribution < 1.29 is 27.4 Å². The zero-order valence-corrected chi connectivity index (χ0v) is 15.6. The van der Waals surface area contributed by atoms with E-state index in [0.717, 1.165) is 6.07 Å². The van der Waals surface area contributed by atoms with Crippen LogP contribution < -0.4 is 10.1 Å². The number of fused-ring (bicyclic) bond motifs is 1. The summed E-state index contributed by atoms with van der Waals surface area (Å²) >= 11 is 0. The molecule has 0 fully saturated rings. The molecular weight excluding hydrogens is 391 g/mol. The molecule has 2 heterocycles. The van der Waals surface area contributed by atoms with Gasteiger partial charge >= 0.3 is 12.1 Å². The number of benzene rings is 1. The molecule has 2 aromatic heterocycles. The summed E-state index contributed by atoms with van der Waals surface area (Å²) in [6.07, 6.45) is -1.71. The minimum atomic E-state index is -4.50. The summed E-state index contributed by atoms with van der Waals surface area (Å²) < 4.78 is 50.5. The van der Waals surface area contributed by atoms with E-state index in [1.807, 2.05) is 0 Å². The maximum Gasteiger partial charge on any atom is 0.419 e. The molecule has 0 aliphatic rings. The minimum Gasteiger partial charge on any atom is -0.491 e. The summed E-state index contributed by atoms with van der Waals surface area (Å²) in [4.78, 5) is 19.7. The van der Waals surface area contributed by atoms with Crippen LogP contribution >= 0.6 is 0 Å². The van der Waals surface area contributed by atoms with Gasteiger partial charge in [0.05, 0.1) is 30.3 Å². The van der Waals surface area contributed by atoms with Crippen molar-refractivity contribution in [3.63, 3.8) is 0 Å². The van der Waals surface area contributed by atoms with Crippen molar-refractivity contribution in [3.8, 4) is 5.75 Å². The van der Waals surface area contributed by atoms with E-state index in [9.17, 15) is 18.0 Å². The van der Waals surface area contributed by atoms with Gasteiger partial charge in [0.25, 0.3) is 0 Å². The number of alkyl halides is 3. The van der Waals surface area contributed by atoms with E-state index in [2.05, 4.69) is 25.1 Å². The third kappa shape index (κ3) is 4.73. The van der Waals surface area contributed by atoms with Crippen LogP contribution in [0, 0.1) is 0 Å². The zero-order valence-electron chi connectivity index (χ0n) is 15.6. The van der Waals surface area contributed by atoms with Gasteiger partial charge in [-0.1, -0.05) is 12.1 Å². The van der Waals surface area contributed by atoms with Crippen LogP contribution in [-0.4, -0.2) is 45.5 Å². The first kappa shape index (κ1) is 20.4. The molecule has 1 N–H and O–H groups in total. The summed E-state index contributed by atoms with van der Waals surface area (Å²) in [5.41, 5.74) is -0.413. The van der Waals surface area contributed by atoms with Gasteiger partial charge in [0.2, 0.25) is 0 Å². The van der Waals surface area contributed by atoms with Gasteiger partial charge in [0, 0.05) is 0 Å². The number of anilines is 1. The van der Waals surface area contributed by atoms with Crippen LogP contribution in [0.5, 0.6) is 5.75 Å². The van der Waals surface area contributed by atoms with Crippen LogP contribution in [0.1, 0.15) is 12.5 Å². The van der Waals surface area contributed by atoms with E-state index in [4.69, 9.17) is 4.74 Å². The van der Waals surface area contributed by atoms with Crippen molar-refractivity contribution in [1.29, 1.82) is 0 Å². The second-order valence-electron chi connectivity index (χ2n) is 6.19. The Kier molecular flexibility index (Phi) is 5.85. The number of hydrogen-bond acceptors (Lipinski definition) is 7. The van der Waals surface area contributed by atoms with E-state index in [-0.39, 0.29) is 24.9 Å². The van der Waals surface area contributed by atoms with Gasteiger partial charge in [-0.2, -0.15) is 18.3 Å². The smallest absolute Gasteiger partial charge is 0.419 e. The SMILES string of the molecule is COC(=O)Cn1ncc2c(NC(C)COc3ccccc3C(F)(F)F)ncnc21. The van der Waals surface area contributed by atoms with Crippen LogP contribution in [0.3, 0.4) is 0 Å². The molecule has 0 saturated carbocycles. The number of para-hydroxylation sites is 1. The largest absolute Gasteiger partial charge is 0.491 e. The number of aromatic nitrogens is 4. The lowest BCUT2D eigenvalue weighted by Crippen LogP contribution is -2.25. The molecular formula is C18H18F3N5O3. The van der Waals surface area contributed by atoms with Crippen LogP contribution in [0.4, 0.5) is 19.0 Å². The summed E-state index contributed by atoms with van der Waals surface area (Å²) in [6.45, 7) is 1.60. The first-order valence-electron chi connectivity index (χ1n) is 8.58. The molecule has 1 atom stereocenters. The number of ether oxygens (including phenoxy) is 2. The van der Waals surface area contributed by atoms with Gasteiger partial charge in [-0.25, -0.2) is 14.6 Å². The molecule has 0 spiro atoms. The minimum absolute atomic E-state index is 0.0328. The molecule has 3 aromatic rings. The fourth-order valence-corrected chi connectivity index (χ4v) is 2.63. The van der Waals surface area contributed by atoms with Gasteiger partial charge < -0.3 is 14.8 Å². The third-order valence-corrected chi connectivity index (χ3v) is 4.00. The Morgan fingerprint density at radius 1 is 1.28 bits per heavy atom.